The van der Waals surface area contributed by atoms with Crippen molar-refractivity contribution in [2.75, 3.05) is 17.1 Å². The van der Waals surface area contributed by atoms with E-state index < -0.39 is 10.0 Å². The minimum absolute atomic E-state index is 0.0527. The zero-order valence-corrected chi connectivity index (χ0v) is 16.8. The zero-order valence-electron chi connectivity index (χ0n) is 16.0. The molecule has 3 rings (SSSR count). The molecule has 6 heteroatoms. The van der Waals surface area contributed by atoms with Gasteiger partial charge in [-0.05, 0) is 68.6 Å². The van der Waals surface area contributed by atoms with Crippen LogP contribution in [0.2, 0.25) is 0 Å². The Morgan fingerprint density at radius 3 is 2.62 bits per heavy atom. The van der Waals surface area contributed by atoms with Gasteiger partial charge >= 0.3 is 0 Å². The third-order valence-electron chi connectivity index (χ3n) is 6.09. The summed E-state index contributed by atoms with van der Waals surface area (Å²) in [6.07, 6.45) is 7.05. The van der Waals surface area contributed by atoms with Crippen molar-refractivity contribution in [1.29, 1.82) is 0 Å². The van der Waals surface area contributed by atoms with Crippen LogP contribution < -0.4 is 9.62 Å². The van der Waals surface area contributed by atoms with Gasteiger partial charge in [-0.1, -0.05) is 18.6 Å². The van der Waals surface area contributed by atoms with Gasteiger partial charge in [0.2, 0.25) is 15.9 Å². The third-order valence-corrected chi connectivity index (χ3v) is 7.27. The highest BCUT2D eigenvalue weighted by atomic mass is 32.2. The number of nitrogens with one attached hydrogen (secondary N) is 1. The van der Waals surface area contributed by atoms with Crippen LogP contribution in [-0.4, -0.2) is 33.2 Å². The quantitative estimate of drug-likeness (QED) is 0.792. The van der Waals surface area contributed by atoms with Gasteiger partial charge in [0.25, 0.3) is 0 Å². The van der Waals surface area contributed by atoms with E-state index in [-0.39, 0.29) is 5.91 Å². The molecule has 0 saturated heterocycles. The molecule has 3 atom stereocenters. The second kappa shape index (κ2) is 7.59. The number of carbonyl (C=O) groups is 1. The van der Waals surface area contributed by atoms with Gasteiger partial charge in [-0.2, -0.15) is 0 Å². The molecule has 0 heterocycles. The lowest BCUT2D eigenvalue weighted by Crippen LogP contribution is -2.39. The first-order valence-electron chi connectivity index (χ1n) is 9.59. The van der Waals surface area contributed by atoms with Gasteiger partial charge in [-0.3, -0.25) is 9.10 Å². The van der Waals surface area contributed by atoms with Crippen molar-refractivity contribution in [3.63, 3.8) is 0 Å². The highest BCUT2D eigenvalue weighted by molar-refractivity contribution is 7.92. The molecular weight excluding hydrogens is 348 g/mol. The van der Waals surface area contributed by atoms with E-state index in [0.717, 1.165) is 23.5 Å². The molecule has 1 aromatic rings. The highest BCUT2D eigenvalue weighted by Gasteiger charge is 2.39. The largest absolute Gasteiger partial charge is 0.353 e. The molecule has 5 nitrogen and oxygen atoms in total. The molecule has 0 unspecified atom stereocenters. The summed E-state index contributed by atoms with van der Waals surface area (Å²) in [5.41, 5.74) is 2.73. The number of sulfonamides is 1. The predicted molar refractivity (Wildman–Crippen MR) is 105 cm³/mol. The van der Waals surface area contributed by atoms with Crippen LogP contribution >= 0.6 is 0 Å². The normalized spacial score (nSPS) is 24.7. The molecule has 26 heavy (non-hydrogen) atoms. The maximum Gasteiger partial charge on any atom is 0.232 e. The van der Waals surface area contributed by atoms with Crippen LogP contribution in [0.4, 0.5) is 5.69 Å². The molecule has 1 aromatic carbocycles. The molecule has 0 radical (unpaired) electrons. The molecular formula is C20H30N2O3S. The van der Waals surface area contributed by atoms with Crippen LogP contribution in [0.3, 0.4) is 0 Å². The molecule has 2 fully saturated rings. The first-order valence-corrected chi connectivity index (χ1v) is 11.4. The fourth-order valence-electron chi connectivity index (χ4n) is 4.55. The van der Waals surface area contributed by atoms with Crippen LogP contribution in [0.15, 0.2) is 18.2 Å². The number of aryl methyl sites for hydroxylation is 1. The highest BCUT2D eigenvalue weighted by Crippen LogP contribution is 2.44. The number of anilines is 1. The molecule has 144 valence electrons. The van der Waals surface area contributed by atoms with Gasteiger partial charge in [0, 0.05) is 19.0 Å². The summed E-state index contributed by atoms with van der Waals surface area (Å²) in [6.45, 7) is 4.24. The first-order chi connectivity index (χ1) is 12.3. The fraction of sp³-hybridized carbons (Fsp3) is 0.650. The smallest absolute Gasteiger partial charge is 0.232 e. The van der Waals surface area contributed by atoms with Gasteiger partial charge in [-0.15, -0.1) is 0 Å². The van der Waals surface area contributed by atoms with E-state index in [0.29, 0.717) is 37.0 Å². The van der Waals surface area contributed by atoms with Crippen molar-refractivity contribution in [2.24, 2.45) is 11.8 Å². The van der Waals surface area contributed by atoms with Crippen LogP contribution in [0.25, 0.3) is 0 Å². The van der Waals surface area contributed by atoms with E-state index in [4.69, 9.17) is 0 Å². The SMILES string of the molecule is Cc1cccc(N(CCCC(=O)N[C@@H]2C[C@@H]3CC[C@@H]2C3)S(C)(=O)=O)c1C. The van der Waals surface area contributed by atoms with Gasteiger partial charge < -0.3 is 5.32 Å². The third kappa shape index (κ3) is 4.22. The summed E-state index contributed by atoms with van der Waals surface area (Å²) in [5.74, 6) is 1.51. The van der Waals surface area contributed by atoms with Crippen LogP contribution in [0, 0.1) is 25.7 Å². The number of hydrogen-bond donors (Lipinski definition) is 1. The van der Waals surface area contributed by atoms with Crippen molar-refractivity contribution in [2.45, 2.75) is 58.4 Å². The van der Waals surface area contributed by atoms with E-state index in [1.807, 2.05) is 32.0 Å². The standard InChI is InChI=1S/C20H30N2O3S/c1-14-6-4-7-19(15(14)2)22(26(3,24)25)11-5-8-20(23)21-18-13-16-9-10-17(18)12-16/h4,6-7,16-18H,5,8-13H2,1-3H3,(H,21,23)/t16-,17-,18-/m1/s1. The Bertz CT molecular complexity index is 775. The molecule has 2 aliphatic carbocycles. The summed E-state index contributed by atoms with van der Waals surface area (Å²) < 4.78 is 26.0. The molecule has 0 spiro atoms. The van der Waals surface area contributed by atoms with Gasteiger partial charge in [0.05, 0.1) is 11.9 Å². The second-order valence-electron chi connectivity index (χ2n) is 8.01. The van der Waals surface area contributed by atoms with Crippen molar-refractivity contribution in [3.05, 3.63) is 29.3 Å². The maximum atomic E-state index is 12.3. The molecule has 2 aliphatic rings. The lowest BCUT2D eigenvalue weighted by atomic mass is 9.95. The van der Waals surface area contributed by atoms with E-state index in [9.17, 15) is 13.2 Å². The summed E-state index contributed by atoms with van der Waals surface area (Å²) in [5, 5.41) is 3.18. The number of hydrogen-bond acceptors (Lipinski definition) is 3. The number of nitrogens with zero attached hydrogens (tertiary/aromatic N) is 1. The average Bonchev–Trinajstić information content (AvgIpc) is 3.16. The average molecular weight is 379 g/mol. The molecule has 0 aliphatic heterocycles. The van der Waals surface area contributed by atoms with Gasteiger partial charge in [0.15, 0.2) is 0 Å². The van der Waals surface area contributed by atoms with Crippen LogP contribution in [-0.2, 0) is 14.8 Å². The van der Waals surface area contributed by atoms with E-state index in [2.05, 4.69) is 5.32 Å². The Kier molecular flexibility index (Phi) is 5.61. The lowest BCUT2D eigenvalue weighted by Gasteiger charge is -2.25. The summed E-state index contributed by atoms with van der Waals surface area (Å²) >= 11 is 0. The van der Waals surface area contributed by atoms with E-state index in [1.54, 1.807) is 0 Å². The summed E-state index contributed by atoms with van der Waals surface area (Å²) in [4.78, 5) is 12.3. The second-order valence-corrected chi connectivity index (χ2v) is 9.91. The minimum atomic E-state index is -3.38. The summed E-state index contributed by atoms with van der Waals surface area (Å²) in [6, 6.07) is 6.02. The van der Waals surface area contributed by atoms with Crippen LogP contribution in [0.5, 0.6) is 0 Å². The first kappa shape index (κ1) is 19.2. The maximum absolute atomic E-state index is 12.3. The molecule has 0 aromatic heterocycles. The van der Waals surface area contributed by atoms with E-state index in [1.165, 1.54) is 29.8 Å². The van der Waals surface area contributed by atoms with Crippen molar-refractivity contribution in [3.8, 4) is 0 Å². The number of amides is 1. The molecule has 2 saturated carbocycles. The van der Waals surface area contributed by atoms with Gasteiger partial charge in [0.1, 0.15) is 0 Å². The number of benzene rings is 1. The topological polar surface area (TPSA) is 66.5 Å². The molecule has 2 bridgehead atoms. The summed E-state index contributed by atoms with van der Waals surface area (Å²) in [7, 11) is -3.38. The van der Waals surface area contributed by atoms with E-state index >= 15 is 0 Å². The van der Waals surface area contributed by atoms with Crippen LogP contribution in [0.1, 0.15) is 49.7 Å². The number of rotatable bonds is 7. The Hall–Kier alpha value is -1.56. The van der Waals surface area contributed by atoms with Crippen molar-refractivity contribution < 1.29 is 13.2 Å². The van der Waals surface area contributed by atoms with Crippen molar-refractivity contribution >= 4 is 21.6 Å². The fourth-order valence-corrected chi connectivity index (χ4v) is 5.57. The Morgan fingerprint density at radius 2 is 2.00 bits per heavy atom. The monoisotopic (exact) mass is 378 g/mol. The Labute approximate surface area is 157 Å². The predicted octanol–water partition coefficient (Wildman–Crippen LogP) is 3.15. The minimum Gasteiger partial charge on any atom is -0.353 e. The zero-order chi connectivity index (χ0) is 18.9. The van der Waals surface area contributed by atoms with Crippen molar-refractivity contribution in [1.82, 2.24) is 5.32 Å². The number of carbonyl (C=O) groups excluding carboxylic acids is 1. The Morgan fingerprint density at radius 1 is 1.23 bits per heavy atom. The van der Waals surface area contributed by atoms with Gasteiger partial charge in [-0.25, -0.2) is 8.42 Å². The lowest BCUT2D eigenvalue weighted by molar-refractivity contribution is -0.122. The molecule has 1 amide bonds. The Balaban J connectivity index is 1.57. The molecule has 1 N–H and O–H groups in total. The number of fused-ring (bicyclic) bond motifs is 2.